The molecule has 1 atom stereocenters. The van der Waals surface area contributed by atoms with Crippen LogP contribution in [0.2, 0.25) is 0 Å². The molecule has 8 nitrogen and oxygen atoms in total. The highest BCUT2D eigenvalue weighted by Gasteiger charge is 2.25. The van der Waals surface area contributed by atoms with E-state index in [1.54, 1.807) is 12.1 Å². The van der Waals surface area contributed by atoms with Gasteiger partial charge in [-0.3, -0.25) is 9.59 Å². The van der Waals surface area contributed by atoms with Crippen molar-refractivity contribution in [3.05, 3.63) is 47.8 Å². The van der Waals surface area contributed by atoms with E-state index in [2.05, 4.69) is 20.6 Å². The number of alkyl halides is 1. The molecule has 2 bridgehead atoms. The summed E-state index contributed by atoms with van der Waals surface area (Å²) in [5, 5.41) is 7.02. The van der Waals surface area contributed by atoms with E-state index in [-0.39, 0.29) is 37.1 Å². The van der Waals surface area contributed by atoms with Gasteiger partial charge in [-0.15, -0.1) is 0 Å². The van der Waals surface area contributed by atoms with Crippen LogP contribution in [0.3, 0.4) is 0 Å². The summed E-state index contributed by atoms with van der Waals surface area (Å²) in [6.07, 6.45) is 2.35. The van der Waals surface area contributed by atoms with E-state index >= 15 is 0 Å². The number of halogens is 1. The number of carbonyl (C=O) groups is 2. The van der Waals surface area contributed by atoms with Gasteiger partial charge in [-0.1, -0.05) is 26.0 Å². The molecule has 1 amide bonds. The maximum absolute atomic E-state index is 13.1. The first-order chi connectivity index (χ1) is 17.9. The summed E-state index contributed by atoms with van der Waals surface area (Å²) in [6.45, 7) is 5.85. The normalized spacial score (nSPS) is 17.1. The third-order valence-corrected chi connectivity index (χ3v) is 6.41. The number of benzene rings is 2. The van der Waals surface area contributed by atoms with Crippen LogP contribution in [-0.4, -0.2) is 48.1 Å². The molecule has 1 aliphatic rings. The number of carbonyl (C=O) groups excluding carboxylic acids is 2. The topological polar surface area (TPSA) is 102 Å². The lowest BCUT2D eigenvalue weighted by molar-refractivity contribution is -0.130. The second-order valence-electron chi connectivity index (χ2n) is 9.62. The van der Waals surface area contributed by atoms with Crippen LogP contribution in [0.1, 0.15) is 37.8 Å². The van der Waals surface area contributed by atoms with E-state index in [0.717, 1.165) is 16.8 Å². The number of aromatic nitrogens is 2. The van der Waals surface area contributed by atoms with Crippen molar-refractivity contribution in [1.82, 2.24) is 15.3 Å². The number of amides is 1. The molecule has 1 aromatic heterocycles. The van der Waals surface area contributed by atoms with Crippen molar-refractivity contribution in [1.29, 1.82) is 0 Å². The molecule has 0 spiro atoms. The Balaban J connectivity index is 1.77. The van der Waals surface area contributed by atoms with Crippen LogP contribution in [0.5, 0.6) is 11.5 Å². The smallest absolute Gasteiger partial charge is 0.223 e. The van der Waals surface area contributed by atoms with Gasteiger partial charge in [0.25, 0.3) is 0 Å². The minimum absolute atomic E-state index is 0.00196. The summed E-state index contributed by atoms with van der Waals surface area (Å²) >= 11 is 0. The van der Waals surface area contributed by atoms with Crippen LogP contribution < -0.4 is 20.1 Å². The van der Waals surface area contributed by atoms with Gasteiger partial charge < -0.3 is 20.1 Å². The Morgan fingerprint density at radius 1 is 1.19 bits per heavy atom. The number of ketones is 1. The second kappa shape index (κ2) is 12.0. The Labute approximate surface area is 216 Å². The summed E-state index contributed by atoms with van der Waals surface area (Å²) < 4.78 is 24.4. The predicted molar refractivity (Wildman–Crippen MR) is 140 cm³/mol. The molecule has 2 N–H and O–H groups in total. The second-order valence-corrected chi connectivity index (χ2v) is 9.62. The van der Waals surface area contributed by atoms with Crippen molar-refractivity contribution in [3.8, 4) is 11.5 Å². The quantitative estimate of drug-likeness (QED) is 0.528. The van der Waals surface area contributed by atoms with Crippen LogP contribution in [0.4, 0.5) is 15.9 Å². The maximum atomic E-state index is 13.1. The monoisotopic (exact) mass is 507 g/mol. The number of aryl methyl sites for hydroxylation is 1. The van der Waals surface area contributed by atoms with Crippen molar-refractivity contribution >= 4 is 34.1 Å². The molecule has 9 heteroatoms. The molecule has 0 saturated carbocycles. The van der Waals surface area contributed by atoms with E-state index in [0.29, 0.717) is 47.8 Å². The number of Topliss-reactive ketones (excluding diaryl/α,β-unsaturated/α-hetero) is 1. The molecule has 196 valence electrons. The average Bonchev–Trinajstić information content (AvgIpc) is 2.87. The molecular weight excluding hydrogens is 474 g/mol. The first kappa shape index (κ1) is 26.3. The third kappa shape index (κ3) is 6.53. The molecular formula is C28H33FN4O4. The van der Waals surface area contributed by atoms with Gasteiger partial charge >= 0.3 is 0 Å². The van der Waals surface area contributed by atoms with Crippen LogP contribution in [0.25, 0.3) is 10.9 Å². The van der Waals surface area contributed by atoms with E-state index in [1.165, 1.54) is 6.33 Å². The lowest BCUT2D eigenvalue weighted by atomic mass is 9.88. The molecule has 0 saturated heterocycles. The minimum atomic E-state index is -0.633. The fourth-order valence-electron chi connectivity index (χ4n) is 4.38. The van der Waals surface area contributed by atoms with Crippen LogP contribution in [0.15, 0.2) is 36.7 Å². The molecule has 2 heterocycles. The fraction of sp³-hybridized carbons (Fsp3) is 0.429. The number of fused-ring (bicyclic) bond motifs is 2. The number of hydrogen-bond donors (Lipinski definition) is 2. The molecule has 0 fully saturated rings. The SMILES string of the molecule is Cc1ccc2c(c1)Nc1ncnc3cc(OCC[18F])c(cc13)OCCCNC(=O)C(C(C)C)CC(=O)C2. The first-order valence-electron chi connectivity index (χ1n) is 12.6. The molecule has 1 aliphatic heterocycles. The molecule has 37 heavy (non-hydrogen) atoms. The predicted octanol–water partition coefficient (Wildman–Crippen LogP) is 4.70. The maximum Gasteiger partial charge on any atom is 0.223 e. The molecule has 3 aromatic rings. The fourth-order valence-corrected chi connectivity index (χ4v) is 4.38. The van der Waals surface area contributed by atoms with Crippen LogP contribution in [0, 0.1) is 18.8 Å². The third-order valence-electron chi connectivity index (χ3n) is 6.41. The zero-order valence-corrected chi connectivity index (χ0v) is 21.5. The zero-order chi connectivity index (χ0) is 26.4. The lowest BCUT2D eigenvalue weighted by Gasteiger charge is -2.20. The number of rotatable bonds is 4. The molecule has 0 radical (unpaired) electrons. The summed E-state index contributed by atoms with van der Waals surface area (Å²) in [6, 6.07) is 9.33. The van der Waals surface area contributed by atoms with Gasteiger partial charge in [-0.25, -0.2) is 14.4 Å². The van der Waals surface area contributed by atoms with Crippen molar-refractivity contribution in [3.63, 3.8) is 0 Å². The van der Waals surface area contributed by atoms with Gasteiger partial charge in [0, 0.05) is 42.4 Å². The van der Waals surface area contributed by atoms with Crippen LogP contribution >= 0.6 is 0 Å². The van der Waals surface area contributed by atoms with E-state index < -0.39 is 12.6 Å². The minimum Gasteiger partial charge on any atom is -0.490 e. The standard InChI is InChI=1S/C28H33FN4O4/c1-17(2)21-13-20(34)12-19-6-5-18(3)11-23(19)33-27-22-14-25(36-9-4-8-30-28(21)35)26(37-10-7-29)15-24(22)31-16-32-27/h5-6,11,14-17,21H,4,7-10,12-13H2,1-3H3,(H,30,35)(H,31,32,33)/i29-1. The lowest BCUT2D eigenvalue weighted by Crippen LogP contribution is -2.36. The number of nitrogens with zero attached hydrogens (tertiary/aromatic N) is 2. The van der Waals surface area contributed by atoms with E-state index in [1.807, 2.05) is 39.0 Å². The average molecular weight is 508 g/mol. The molecule has 4 rings (SSSR count). The summed E-state index contributed by atoms with van der Waals surface area (Å²) in [5.41, 5.74) is 3.19. The van der Waals surface area contributed by atoms with Crippen molar-refractivity contribution < 1.29 is 23.5 Å². The van der Waals surface area contributed by atoms with Gasteiger partial charge in [0.2, 0.25) is 5.91 Å². The molecule has 0 aliphatic carbocycles. The van der Waals surface area contributed by atoms with Gasteiger partial charge in [0.1, 0.15) is 31.2 Å². The number of nitrogens with one attached hydrogen (secondary N) is 2. The Morgan fingerprint density at radius 3 is 2.81 bits per heavy atom. The highest BCUT2D eigenvalue weighted by molar-refractivity contribution is 5.94. The number of hydrogen-bond acceptors (Lipinski definition) is 7. The summed E-state index contributed by atoms with van der Waals surface area (Å²) in [5.74, 6) is 0.843. The first-order valence-corrected chi connectivity index (χ1v) is 12.6. The Kier molecular flexibility index (Phi) is 8.53. The summed E-state index contributed by atoms with van der Waals surface area (Å²) in [4.78, 5) is 34.8. The van der Waals surface area contributed by atoms with Crippen molar-refractivity contribution in [2.45, 2.75) is 40.0 Å². The highest BCUT2D eigenvalue weighted by atomic mass is 18.2. The van der Waals surface area contributed by atoms with E-state index in [4.69, 9.17) is 9.47 Å². The largest absolute Gasteiger partial charge is 0.490 e. The van der Waals surface area contributed by atoms with Gasteiger partial charge in [0.05, 0.1) is 12.1 Å². The Morgan fingerprint density at radius 2 is 2.03 bits per heavy atom. The highest BCUT2D eigenvalue weighted by Crippen LogP contribution is 2.36. The number of anilines is 2. The van der Waals surface area contributed by atoms with Crippen LogP contribution in [-0.2, 0) is 16.0 Å². The van der Waals surface area contributed by atoms with Gasteiger partial charge in [-0.05, 0) is 42.5 Å². The van der Waals surface area contributed by atoms with E-state index in [9.17, 15) is 14.0 Å². The van der Waals surface area contributed by atoms with Crippen molar-refractivity contribution in [2.75, 3.05) is 31.7 Å². The summed E-state index contributed by atoms with van der Waals surface area (Å²) in [7, 11) is 0. The Bertz CT molecular complexity index is 1280. The molecule has 1 unspecified atom stereocenters. The van der Waals surface area contributed by atoms with Gasteiger partial charge in [0.15, 0.2) is 11.5 Å². The van der Waals surface area contributed by atoms with Crippen molar-refractivity contribution in [2.24, 2.45) is 11.8 Å². The Hall–Kier alpha value is -3.75. The zero-order valence-electron chi connectivity index (χ0n) is 21.5. The molecule has 2 aromatic carbocycles. The van der Waals surface area contributed by atoms with Gasteiger partial charge in [-0.2, -0.15) is 0 Å². The number of ether oxygens (including phenoxy) is 2.